The molecule has 0 spiro atoms. The predicted molar refractivity (Wildman–Crippen MR) is 193 cm³/mol. The minimum absolute atomic E-state index is 0.0517. The molecular formula is C35H51ClN8O7. The number of nitrogens with zero attached hydrogens (tertiary/aromatic N) is 5. The van der Waals surface area contributed by atoms with Gasteiger partial charge in [-0.25, -0.2) is 19.2 Å². The van der Waals surface area contributed by atoms with Crippen LogP contribution in [-0.2, 0) is 20.8 Å². The maximum absolute atomic E-state index is 13.1. The Kier molecular flexibility index (Phi) is 12.3. The van der Waals surface area contributed by atoms with Crippen LogP contribution in [-0.4, -0.2) is 110 Å². The third-order valence-electron chi connectivity index (χ3n) is 8.26. The topological polar surface area (TPSA) is 167 Å². The van der Waals surface area contributed by atoms with Crippen LogP contribution in [0.15, 0.2) is 35.3 Å². The first-order chi connectivity index (χ1) is 23.7. The van der Waals surface area contributed by atoms with Crippen LogP contribution in [0, 0.1) is 0 Å². The Bertz CT molecular complexity index is 1650. The number of ether oxygens (including phenoxy) is 2. The molecule has 15 nitrogen and oxygen atoms in total. The van der Waals surface area contributed by atoms with Crippen molar-refractivity contribution in [2.45, 2.75) is 97.6 Å². The standard InChI is InChI=1S/C35H51ClN8O7/c1-33(2,3)50-31(48)37-24-11-14-41(15-12-24)22-23-9-10-25(21-26(23)36)44-16-13-27(39-30(44)47)38-29(46)43-19-17-42(18-20-43)28(45)35(7,8)40-32(49)51-34(4,5)6/h9-10,13,16,21,24H,11-12,14-15,17-20,22H2,1-8H3,(H,37,48)(H,40,49)(H,38,39,46,47). The summed E-state index contributed by atoms with van der Waals surface area (Å²) >= 11 is 6.65. The molecule has 1 aromatic carbocycles. The van der Waals surface area contributed by atoms with E-state index in [4.69, 9.17) is 21.1 Å². The predicted octanol–water partition coefficient (Wildman–Crippen LogP) is 4.35. The molecule has 280 valence electrons. The summed E-state index contributed by atoms with van der Waals surface area (Å²) in [6, 6.07) is 6.52. The van der Waals surface area contributed by atoms with Gasteiger partial charge in [-0.2, -0.15) is 4.98 Å². The second kappa shape index (κ2) is 15.9. The smallest absolute Gasteiger partial charge is 0.408 e. The van der Waals surface area contributed by atoms with Crippen LogP contribution in [0.5, 0.6) is 0 Å². The Hall–Kier alpha value is -4.37. The van der Waals surface area contributed by atoms with E-state index in [1.807, 2.05) is 26.8 Å². The van der Waals surface area contributed by atoms with E-state index in [-0.39, 0.29) is 43.9 Å². The number of urea groups is 1. The van der Waals surface area contributed by atoms with Crippen LogP contribution in [0.4, 0.5) is 20.2 Å². The molecule has 3 N–H and O–H groups in total. The lowest BCUT2D eigenvalue weighted by Crippen LogP contribution is -2.60. The second-order valence-corrected chi connectivity index (χ2v) is 15.8. The average molecular weight is 731 g/mol. The molecule has 0 aliphatic carbocycles. The largest absolute Gasteiger partial charge is 0.444 e. The number of carbonyl (C=O) groups excluding carboxylic acids is 4. The van der Waals surface area contributed by atoms with Crippen molar-refractivity contribution in [3.8, 4) is 5.69 Å². The van der Waals surface area contributed by atoms with Gasteiger partial charge in [0.2, 0.25) is 5.91 Å². The van der Waals surface area contributed by atoms with Crippen LogP contribution >= 0.6 is 11.6 Å². The fourth-order valence-electron chi connectivity index (χ4n) is 5.74. The monoisotopic (exact) mass is 730 g/mol. The second-order valence-electron chi connectivity index (χ2n) is 15.4. The third kappa shape index (κ3) is 11.6. The van der Waals surface area contributed by atoms with Gasteiger partial charge in [0.15, 0.2) is 0 Å². The molecule has 2 aromatic rings. The fourth-order valence-corrected chi connectivity index (χ4v) is 5.98. The number of aromatic nitrogens is 2. The molecule has 3 heterocycles. The Morgan fingerprint density at radius 3 is 2.00 bits per heavy atom. The van der Waals surface area contributed by atoms with Gasteiger partial charge < -0.3 is 29.9 Å². The van der Waals surface area contributed by atoms with E-state index >= 15 is 0 Å². The summed E-state index contributed by atoms with van der Waals surface area (Å²) in [5.41, 5.74) is -1.59. The molecule has 0 saturated carbocycles. The number of carbonyl (C=O) groups is 4. The Morgan fingerprint density at radius 2 is 1.43 bits per heavy atom. The molecule has 2 saturated heterocycles. The van der Waals surface area contributed by atoms with Gasteiger partial charge in [0.25, 0.3) is 0 Å². The molecule has 5 amide bonds. The van der Waals surface area contributed by atoms with Crippen molar-refractivity contribution >= 4 is 41.5 Å². The van der Waals surface area contributed by atoms with E-state index in [1.165, 1.54) is 21.7 Å². The van der Waals surface area contributed by atoms with Crippen molar-refractivity contribution in [1.82, 2.24) is 34.9 Å². The highest BCUT2D eigenvalue weighted by Crippen LogP contribution is 2.23. The lowest BCUT2D eigenvalue weighted by Gasteiger charge is -2.38. The number of piperazine rings is 1. The number of hydrogen-bond donors (Lipinski definition) is 3. The molecule has 0 radical (unpaired) electrons. The van der Waals surface area contributed by atoms with Crippen molar-refractivity contribution < 1.29 is 28.7 Å². The Morgan fingerprint density at radius 1 is 0.843 bits per heavy atom. The first-order valence-corrected chi connectivity index (χ1v) is 17.5. The van der Waals surface area contributed by atoms with Gasteiger partial charge in [-0.3, -0.25) is 19.6 Å². The number of halogens is 1. The van der Waals surface area contributed by atoms with E-state index in [0.717, 1.165) is 31.5 Å². The number of rotatable bonds is 7. The zero-order valence-electron chi connectivity index (χ0n) is 30.8. The lowest BCUT2D eigenvalue weighted by molar-refractivity contribution is -0.138. The van der Waals surface area contributed by atoms with Crippen molar-refractivity contribution in [3.63, 3.8) is 0 Å². The van der Waals surface area contributed by atoms with Crippen LogP contribution in [0.3, 0.4) is 0 Å². The summed E-state index contributed by atoms with van der Waals surface area (Å²) < 4.78 is 12.0. The molecule has 16 heteroatoms. The normalized spacial score (nSPS) is 16.3. The number of nitrogens with one attached hydrogen (secondary N) is 3. The number of anilines is 1. The van der Waals surface area contributed by atoms with Gasteiger partial charge in [0, 0.05) is 63.1 Å². The van der Waals surface area contributed by atoms with Gasteiger partial charge in [-0.1, -0.05) is 17.7 Å². The van der Waals surface area contributed by atoms with E-state index < -0.39 is 40.6 Å². The van der Waals surface area contributed by atoms with Crippen LogP contribution in [0.25, 0.3) is 5.69 Å². The molecule has 2 aliphatic heterocycles. The Balaban J connectivity index is 1.26. The zero-order valence-corrected chi connectivity index (χ0v) is 31.6. The summed E-state index contributed by atoms with van der Waals surface area (Å²) in [7, 11) is 0. The van der Waals surface area contributed by atoms with Gasteiger partial charge in [-0.15, -0.1) is 0 Å². The quantitative estimate of drug-likeness (QED) is 0.375. The number of amides is 5. The SMILES string of the molecule is CC(C)(C)OC(=O)NC1CCN(Cc2ccc(-n3ccc(NC(=O)N4CCN(C(=O)C(C)(C)NC(=O)OC(C)(C)C)CC4)nc3=O)cc2Cl)CC1. The zero-order chi connectivity index (χ0) is 37.7. The molecule has 51 heavy (non-hydrogen) atoms. The highest BCUT2D eigenvalue weighted by molar-refractivity contribution is 6.31. The number of piperidine rings is 1. The van der Waals surface area contributed by atoms with Crippen molar-refractivity contribution in [2.24, 2.45) is 0 Å². The summed E-state index contributed by atoms with van der Waals surface area (Å²) in [6.45, 7) is 17.2. The van der Waals surface area contributed by atoms with Gasteiger partial charge in [-0.05, 0) is 92.0 Å². The van der Waals surface area contributed by atoms with E-state index in [2.05, 4.69) is 25.8 Å². The number of alkyl carbamates (subject to hydrolysis) is 2. The van der Waals surface area contributed by atoms with Gasteiger partial charge in [0.1, 0.15) is 22.6 Å². The summed E-state index contributed by atoms with van der Waals surface area (Å²) in [4.78, 5) is 72.9. The summed E-state index contributed by atoms with van der Waals surface area (Å²) in [6.07, 6.45) is 2.02. The molecule has 1 aromatic heterocycles. The number of likely N-dealkylation sites (tertiary alicyclic amines) is 1. The maximum Gasteiger partial charge on any atom is 0.408 e. The molecule has 0 atom stereocenters. The maximum atomic E-state index is 13.1. The van der Waals surface area contributed by atoms with Crippen molar-refractivity contribution in [3.05, 3.63) is 51.5 Å². The highest BCUT2D eigenvalue weighted by Gasteiger charge is 2.37. The molecule has 0 bridgehead atoms. The summed E-state index contributed by atoms with van der Waals surface area (Å²) in [5.74, 6) is -0.198. The fraction of sp³-hybridized carbons (Fsp3) is 0.600. The van der Waals surface area contributed by atoms with E-state index in [0.29, 0.717) is 17.3 Å². The molecule has 4 rings (SSSR count). The molecular weight excluding hydrogens is 680 g/mol. The first kappa shape index (κ1) is 39.4. The van der Waals surface area contributed by atoms with Crippen LogP contribution in [0.1, 0.15) is 73.8 Å². The molecule has 2 fully saturated rings. The molecule has 0 unspecified atom stereocenters. The highest BCUT2D eigenvalue weighted by atomic mass is 35.5. The summed E-state index contributed by atoms with van der Waals surface area (Å²) in [5, 5.41) is 8.74. The van der Waals surface area contributed by atoms with Gasteiger partial charge in [0.05, 0.1) is 5.69 Å². The van der Waals surface area contributed by atoms with Crippen LogP contribution in [0.2, 0.25) is 5.02 Å². The minimum Gasteiger partial charge on any atom is -0.444 e. The average Bonchev–Trinajstić information content (AvgIpc) is 3.00. The van der Waals surface area contributed by atoms with E-state index in [1.54, 1.807) is 51.7 Å². The molecule has 2 aliphatic rings. The lowest BCUT2D eigenvalue weighted by atomic mass is 10.0. The van der Waals surface area contributed by atoms with E-state index in [9.17, 15) is 24.0 Å². The van der Waals surface area contributed by atoms with Crippen molar-refractivity contribution in [2.75, 3.05) is 44.6 Å². The van der Waals surface area contributed by atoms with Crippen LogP contribution < -0.4 is 21.6 Å². The number of hydrogen-bond acceptors (Lipinski definition) is 9. The number of benzene rings is 1. The minimum atomic E-state index is -1.20. The first-order valence-electron chi connectivity index (χ1n) is 17.2. The van der Waals surface area contributed by atoms with Gasteiger partial charge >= 0.3 is 23.9 Å². The van der Waals surface area contributed by atoms with Crippen molar-refractivity contribution in [1.29, 1.82) is 0 Å². The Labute approximate surface area is 304 Å². The third-order valence-corrected chi connectivity index (χ3v) is 8.61.